The fourth-order valence-corrected chi connectivity index (χ4v) is 4.13. The Morgan fingerprint density at radius 2 is 1.57 bits per heavy atom. The minimum absolute atomic E-state index is 0.0312. The van der Waals surface area contributed by atoms with Crippen molar-refractivity contribution in [1.29, 1.82) is 0 Å². The van der Waals surface area contributed by atoms with Gasteiger partial charge in [0.05, 0.1) is 6.20 Å². The van der Waals surface area contributed by atoms with Crippen LogP contribution >= 0.6 is 0 Å². The maximum atomic E-state index is 12.5. The molecule has 2 amide bonds. The fourth-order valence-electron chi connectivity index (χ4n) is 4.13. The van der Waals surface area contributed by atoms with E-state index in [-0.39, 0.29) is 11.8 Å². The van der Waals surface area contributed by atoms with Crippen LogP contribution in [0.1, 0.15) is 52.1 Å². The second-order valence-corrected chi connectivity index (χ2v) is 7.73. The summed E-state index contributed by atoms with van der Waals surface area (Å²) in [6.45, 7) is 3.27. The van der Waals surface area contributed by atoms with Crippen LogP contribution in [-0.2, 0) is 6.42 Å². The van der Waals surface area contributed by atoms with Crippen molar-refractivity contribution in [2.24, 2.45) is 5.92 Å². The molecule has 0 radical (unpaired) electrons. The third kappa shape index (κ3) is 4.21. The molecule has 2 saturated heterocycles. The van der Waals surface area contributed by atoms with Crippen LogP contribution in [0, 0.1) is 5.92 Å². The number of carbonyl (C=O) groups excluding carboxylic acids is 2. The Labute approximate surface area is 165 Å². The summed E-state index contributed by atoms with van der Waals surface area (Å²) in [4.78, 5) is 36.8. The average Bonchev–Trinajstić information content (AvgIpc) is 3.29. The third-order valence-electron chi connectivity index (χ3n) is 5.80. The molecular weight excluding hydrogens is 352 g/mol. The van der Waals surface area contributed by atoms with Gasteiger partial charge in [-0.1, -0.05) is 12.1 Å². The topological polar surface area (TPSA) is 66.4 Å². The van der Waals surface area contributed by atoms with Crippen molar-refractivity contribution in [1.82, 2.24) is 19.8 Å². The SMILES string of the molecule is O=C(c1ccc(CC2CCN(C(=O)c3cnccn3)CC2)cc1)N1CCCC1. The lowest BCUT2D eigenvalue weighted by Gasteiger charge is -2.31. The molecule has 2 aromatic rings. The molecular formula is C22H26N4O2. The first-order chi connectivity index (χ1) is 13.7. The number of aromatic nitrogens is 2. The zero-order chi connectivity index (χ0) is 19.3. The molecule has 28 heavy (non-hydrogen) atoms. The van der Waals surface area contributed by atoms with Crippen LogP contribution in [0.2, 0.25) is 0 Å². The van der Waals surface area contributed by atoms with Crippen LogP contribution in [0.3, 0.4) is 0 Å². The Kier molecular flexibility index (Phi) is 5.65. The van der Waals surface area contributed by atoms with E-state index in [1.807, 2.05) is 21.9 Å². The van der Waals surface area contributed by atoms with Gasteiger partial charge in [0.1, 0.15) is 5.69 Å². The Morgan fingerprint density at radius 1 is 0.893 bits per heavy atom. The molecule has 1 aromatic heterocycles. The minimum Gasteiger partial charge on any atom is -0.339 e. The van der Waals surface area contributed by atoms with Gasteiger partial charge < -0.3 is 9.80 Å². The van der Waals surface area contributed by atoms with Crippen LogP contribution in [0.25, 0.3) is 0 Å². The maximum absolute atomic E-state index is 12.5. The highest BCUT2D eigenvalue weighted by molar-refractivity contribution is 5.94. The van der Waals surface area contributed by atoms with E-state index in [9.17, 15) is 9.59 Å². The molecule has 3 heterocycles. The number of hydrogen-bond donors (Lipinski definition) is 0. The second-order valence-electron chi connectivity index (χ2n) is 7.73. The summed E-state index contributed by atoms with van der Waals surface area (Å²) in [7, 11) is 0. The fraction of sp³-hybridized carbons (Fsp3) is 0.455. The van der Waals surface area contributed by atoms with Gasteiger partial charge in [-0.15, -0.1) is 0 Å². The molecule has 6 nitrogen and oxygen atoms in total. The lowest BCUT2D eigenvalue weighted by Crippen LogP contribution is -2.39. The highest BCUT2D eigenvalue weighted by atomic mass is 16.2. The first-order valence-electron chi connectivity index (χ1n) is 10.1. The molecule has 2 aliphatic rings. The lowest BCUT2D eigenvalue weighted by molar-refractivity contribution is 0.0683. The summed E-state index contributed by atoms with van der Waals surface area (Å²) in [6, 6.07) is 8.09. The molecule has 4 rings (SSSR count). The van der Waals surface area contributed by atoms with E-state index < -0.39 is 0 Å². The van der Waals surface area contributed by atoms with Crippen molar-refractivity contribution >= 4 is 11.8 Å². The third-order valence-corrected chi connectivity index (χ3v) is 5.80. The Balaban J connectivity index is 1.29. The highest BCUT2D eigenvalue weighted by Gasteiger charge is 2.25. The normalized spacial score (nSPS) is 17.7. The van der Waals surface area contributed by atoms with Crippen molar-refractivity contribution in [3.8, 4) is 0 Å². The number of carbonyl (C=O) groups is 2. The Morgan fingerprint density at radius 3 is 2.21 bits per heavy atom. The molecule has 2 fully saturated rings. The summed E-state index contributed by atoms with van der Waals surface area (Å²) in [5, 5.41) is 0. The molecule has 2 aliphatic heterocycles. The van der Waals surface area contributed by atoms with Crippen molar-refractivity contribution < 1.29 is 9.59 Å². The molecule has 0 unspecified atom stereocenters. The van der Waals surface area contributed by atoms with Crippen molar-refractivity contribution in [2.45, 2.75) is 32.1 Å². The van der Waals surface area contributed by atoms with Crippen LogP contribution < -0.4 is 0 Å². The van der Waals surface area contributed by atoms with E-state index in [2.05, 4.69) is 22.1 Å². The van der Waals surface area contributed by atoms with Gasteiger partial charge in [-0.2, -0.15) is 0 Å². The first kappa shape index (κ1) is 18.6. The summed E-state index contributed by atoms with van der Waals surface area (Å²) in [6.07, 6.45) is 9.85. The Hall–Kier alpha value is -2.76. The van der Waals surface area contributed by atoms with E-state index in [0.717, 1.165) is 63.8 Å². The quantitative estimate of drug-likeness (QED) is 0.821. The van der Waals surface area contributed by atoms with Gasteiger partial charge in [0.15, 0.2) is 0 Å². The number of piperidine rings is 1. The zero-order valence-electron chi connectivity index (χ0n) is 16.1. The van der Waals surface area contributed by atoms with Crippen LogP contribution in [0.4, 0.5) is 0 Å². The number of amides is 2. The zero-order valence-corrected chi connectivity index (χ0v) is 16.1. The predicted molar refractivity (Wildman–Crippen MR) is 106 cm³/mol. The molecule has 0 N–H and O–H groups in total. The summed E-state index contributed by atoms with van der Waals surface area (Å²) in [5.41, 5.74) is 2.46. The van der Waals surface area contributed by atoms with Gasteiger partial charge >= 0.3 is 0 Å². The number of rotatable bonds is 4. The molecule has 0 aliphatic carbocycles. The predicted octanol–water partition coefficient (Wildman–Crippen LogP) is 2.81. The lowest BCUT2D eigenvalue weighted by atomic mass is 9.90. The van der Waals surface area contributed by atoms with Crippen molar-refractivity contribution in [3.63, 3.8) is 0 Å². The van der Waals surface area contributed by atoms with E-state index >= 15 is 0 Å². The van der Waals surface area contributed by atoms with Gasteiger partial charge in [0.25, 0.3) is 11.8 Å². The number of likely N-dealkylation sites (tertiary alicyclic amines) is 2. The summed E-state index contributed by atoms with van der Waals surface area (Å²) in [5.74, 6) is 0.683. The van der Waals surface area contributed by atoms with Gasteiger partial charge in [-0.25, -0.2) is 4.98 Å². The Bertz CT molecular complexity index is 808. The number of benzene rings is 1. The summed E-state index contributed by atoms with van der Waals surface area (Å²) >= 11 is 0. The van der Waals surface area contributed by atoms with E-state index in [1.165, 1.54) is 11.8 Å². The van der Waals surface area contributed by atoms with Crippen molar-refractivity contribution in [2.75, 3.05) is 26.2 Å². The smallest absolute Gasteiger partial charge is 0.274 e. The molecule has 0 spiro atoms. The largest absolute Gasteiger partial charge is 0.339 e. The van der Waals surface area contributed by atoms with E-state index in [4.69, 9.17) is 0 Å². The van der Waals surface area contributed by atoms with Gasteiger partial charge in [0, 0.05) is 44.1 Å². The van der Waals surface area contributed by atoms with E-state index in [1.54, 1.807) is 12.4 Å². The van der Waals surface area contributed by atoms with Crippen LogP contribution in [0.15, 0.2) is 42.9 Å². The van der Waals surface area contributed by atoms with E-state index in [0.29, 0.717) is 11.6 Å². The molecule has 0 atom stereocenters. The van der Waals surface area contributed by atoms with Gasteiger partial charge in [-0.3, -0.25) is 14.6 Å². The standard InChI is InChI=1S/C22H26N4O2/c27-21(25-11-1-2-12-25)19-5-3-17(4-6-19)15-18-7-13-26(14-8-18)22(28)20-16-23-9-10-24-20/h3-6,9-10,16,18H,1-2,7-8,11-15H2. The second kappa shape index (κ2) is 8.50. The number of hydrogen-bond acceptors (Lipinski definition) is 4. The van der Waals surface area contributed by atoms with Gasteiger partial charge in [-0.05, 0) is 55.7 Å². The van der Waals surface area contributed by atoms with Crippen molar-refractivity contribution in [3.05, 3.63) is 59.7 Å². The molecule has 1 aromatic carbocycles. The number of nitrogens with zero attached hydrogens (tertiary/aromatic N) is 4. The first-order valence-corrected chi connectivity index (χ1v) is 10.1. The van der Waals surface area contributed by atoms with Gasteiger partial charge in [0.2, 0.25) is 0 Å². The molecule has 0 saturated carbocycles. The molecule has 146 valence electrons. The average molecular weight is 378 g/mol. The van der Waals surface area contributed by atoms with Crippen LogP contribution in [-0.4, -0.2) is 57.8 Å². The van der Waals surface area contributed by atoms with Crippen LogP contribution in [0.5, 0.6) is 0 Å². The monoisotopic (exact) mass is 378 g/mol. The highest BCUT2D eigenvalue weighted by Crippen LogP contribution is 2.23. The molecule has 6 heteroatoms. The molecule has 0 bridgehead atoms. The minimum atomic E-state index is -0.0312. The summed E-state index contributed by atoms with van der Waals surface area (Å²) < 4.78 is 0. The maximum Gasteiger partial charge on any atom is 0.274 e.